The maximum Gasteiger partial charge on any atom is -0.0245 e. The minimum Gasteiger partial charge on any atom is -0.0988 e. The highest BCUT2D eigenvalue weighted by molar-refractivity contribution is 5.34. The lowest BCUT2D eigenvalue weighted by Gasteiger charge is -2.39. The molecule has 96 valence electrons. The fourth-order valence-corrected chi connectivity index (χ4v) is 3.34. The van der Waals surface area contributed by atoms with Crippen LogP contribution in [-0.4, -0.2) is 0 Å². The summed E-state index contributed by atoms with van der Waals surface area (Å²) >= 11 is 0. The molecule has 2 aliphatic carbocycles. The van der Waals surface area contributed by atoms with Gasteiger partial charge in [0, 0.05) is 0 Å². The lowest BCUT2D eigenvalue weighted by Crippen LogP contribution is -2.27. The molecule has 0 aromatic carbocycles. The van der Waals surface area contributed by atoms with Crippen LogP contribution in [0.25, 0.3) is 0 Å². The SMILES string of the molecule is C=CC1=C(C=C)CC2CC(C)CCC2C1.CC. The van der Waals surface area contributed by atoms with E-state index >= 15 is 0 Å². The average molecular weight is 232 g/mol. The van der Waals surface area contributed by atoms with E-state index in [9.17, 15) is 0 Å². The Balaban J connectivity index is 0.000000686. The van der Waals surface area contributed by atoms with Crippen molar-refractivity contribution in [1.82, 2.24) is 0 Å². The fourth-order valence-electron chi connectivity index (χ4n) is 3.34. The summed E-state index contributed by atoms with van der Waals surface area (Å²) in [5, 5.41) is 0. The molecule has 1 saturated carbocycles. The molecule has 0 amide bonds. The summed E-state index contributed by atoms with van der Waals surface area (Å²) in [6.45, 7) is 14.3. The molecular weight excluding hydrogens is 204 g/mol. The van der Waals surface area contributed by atoms with Crippen LogP contribution in [0.4, 0.5) is 0 Å². The van der Waals surface area contributed by atoms with Gasteiger partial charge in [-0.05, 0) is 54.6 Å². The second-order valence-corrected chi connectivity index (χ2v) is 5.31. The first-order valence-corrected chi connectivity index (χ1v) is 7.21. The normalized spacial score (nSPS) is 32.1. The molecule has 3 atom stereocenters. The van der Waals surface area contributed by atoms with E-state index < -0.39 is 0 Å². The van der Waals surface area contributed by atoms with Crippen molar-refractivity contribution in [2.24, 2.45) is 17.8 Å². The van der Waals surface area contributed by atoms with Gasteiger partial charge in [-0.15, -0.1) is 0 Å². The zero-order valence-electron chi connectivity index (χ0n) is 11.8. The minimum atomic E-state index is 0.922. The Morgan fingerprint density at radius 3 is 2.00 bits per heavy atom. The average Bonchev–Trinajstić information content (AvgIpc) is 2.39. The van der Waals surface area contributed by atoms with E-state index in [-0.39, 0.29) is 0 Å². The second-order valence-electron chi connectivity index (χ2n) is 5.31. The molecule has 17 heavy (non-hydrogen) atoms. The molecule has 0 radical (unpaired) electrons. The third kappa shape index (κ3) is 3.34. The Bertz CT molecular complexity index is 295. The van der Waals surface area contributed by atoms with Gasteiger partial charge in [-0.1, -0.05) is 52.5 Å². The molecule has 2 rings (SSSR count). The fraction of sp³-hybridized carbons (Fsp3) is 0.647. The Hall–Kier alpha value is -0.780. The molecular formula is C17H28. The summed E-state index contributed by atoms with van der Waals surface area (Å²) in [5.74, 6) is 2.78. The topological polar surface area (TPSA) is 0 Å². The highest BCUT2D eigenvalue weighted by Gasteiger charge is 2.32. The van der Waals surface area contributed by atoms with Gasteiger partial charge in [-0.25, -0.2) is 0 Å². The smallest absolute Gasteiger partial charge is 0.0245 e. The first-order valence-electron chi connectivity index (χ1n) is 7.21. The first kappa shape index (κ1) is 14.3. The summed E-state index contributed by atoms with van der Waals surface area (Å²) < 4.78 is 0. The van der Waals surface area contributed by atoms with Crippen molar-refractivity contribution < 1.29 is 0 Å². The van der Waals surface area contributed by atoms with Crippen molar-refractivity contribution in [2.45, 2.75) is 52.9 Å². The van der Waals surface area contributed by atoms with E-state index in [4.69, 9.17) is 0 Å². The van der Waals surface area contributed by atoms with Gasteiger partial charge in [0.1, 0.15) is 0 Å². The standard InChI is InChI=1S/C15H22.C2H6/c1-4-12-9-14-7-6-11(3)8-15(14)10-13(12)5-2;1-2/h4-5,11,14-15H,1-2,6-10H2,3H3;1-2H3. The molecule has 0 bridgehead atoms. The van der Waals surface area contributed by atoms with Crippen LogP contribution in [0.15, 0.2) is 36.5 Å². The molecule has 0 heterocycles. The van der Waals surface area contributed by atoms with Gasteiger partial charge in [0.05, 0.1) is 0 Å². The minimum absolute atomic E-state index is 0.922. The summed E-state index contributed by atoms with van der Waals surface area (Å²) in [6, 6.07) is 0. The predicted molar refractivity (Wildman–Crippen MR) is 78.0 cm³/mol. The molecule has 0 spiro atoms. The molecule has 0 N–H and O–H groups in total. The number of allylic oxidation sites excluding steroid dienone is 4. The van der Waals surface area contributed by atoms with Crippen LogP contribution < -0.4 is 0 Å². The van der Waals surface area contributed by atoms with Gasteiger partial charge in [-0.3, -0.25) is 0 Å². The summed E-state index contributed by atoms with van der Waals surface area (Å²) in [5.41, 5.74) is 2.92. The van der Waals surface area contributed by atoms with Gasteiger partial charge < -0.3 is 0 Å². The van der Waals surface area contributed by atoms with Crippen LogP contribution in [0.2, 0.25) is 0 Å². The zero-order chi connectivity index (χ0) is 12.8. The molecule has 0 heteroatoms. The molecule has 0 aliphatic heterocycles. The molecule has 0 aromatic rings. The van der Waals surface area contributed by atoms with Crippen LogP contribution in [0.5, 0.6) is 0 Å². The summed E-state index contributed by atoms with van der Waals surface area (Å²) in [6.07, 6.45) is 10.9. The third-order valence-electron chi connectivity index (χ3n) is 4.27. The van der Waals surface area contributed by atoms with Gasteiger partial charge in [0.25, 0.3) is 0 Å². The van der Waals surface area contributed by atoms with E-state index in [0.29, 0.717) is 0 Å². The summed E-state index contributed by atoms with van der Waals surface area (Å²) in [4.78, 5) is 0. The second kappa shape index (κ2) is 6.83. The van der Waals surface area contributed by atoms with Crippen molar-refractivity contribution in [2.75, 3.05) is 0 Å². The predicted octanol–water partition coefficient (Wildman–Crippen LogP) is 5.53. The highest BCUT2D eigenvalue weighted by Crippen LogP contribution is 2.44. The lowest BCUT2D eigenvalue weighted by molar-refractivity contribution is 0.179. The maximum absolute atomic E-state index is 3.93. The Labute approximate surface area is 108 Å². The highest BCUT2D eigenvalue weighted by atomic mass is 14.4. The van der Waals surface area contributed by atoms with E-state index in [1.165, 1.54) is 43.3 Å². The Morgan fingerprint density at radius 2 is 1.47 bits per heavy atom. The Morgan fingerprint density at radius 1 is 0.941 bits per heavy atom. The number of rotatable bonds is 2. The quantitative estimate of drug-likeness (QED) is 0.587. The molecule has 0 nitrogen and oxygen atoms in total. The lowest BCUT2D eigenvalue weighted by atomic mass is 9.66. The number of hydrogen-bond acceptors (Lipinski definition) is 0. The van der Waals surface area contributed by atoms with Crippen LogP contribution in [0.3, 0.4) is 0 Å². The molecule has 0 saturated heterocycles. The van der Waals surface area contributed by atoms with Crippen LogP contribution in [-0.2, 0) is 0 Å². The zero-order valence-corrected chi connectivity index (χ0v) is 11.8. The van der Waals surface area contributed by atoms with Crippen molar-refractivity contribution in [3.63, 3.8) is 0 Å². The van der Waals surface area contributed by atoms with Crippen molar-refractivity contribution >= 4 is 0 Å². The van der Waals surface area contributed by atoms with Crippen LogP contribution in [0.1, 0.15) is 52.9 Å². The van der Waals surface area contributed by atoms with Crippen molar-refractivity contribution in [1.29, 1.82) is 0 Å². The first-order chi connectivity index (χ1) is 8.24. The monoisotopic (exact) mass is 232 g/mol. The Kier molecular flexibility index (Phi) is 5.74. The van der Waals surface area contributed by atoms with E-state index in [1.807, 2.05) is 26.0 Å². The van der Waals surface area contributed by atoms with E-state index in [2.05, 4.69) is 20.1 Å². The van der Waals surface area contributed by atoms with E-state index in [0.717, 1.165) is 17.8 Å². The number of fused-ring (bicyclic) bond motifs is 1. The largest absolute Gasteiger partial charge is 0.0988 e. The molecule has 3 unspecified atom stereocenters. The summed E-state index contributed by atoms with van der Waals surface area (Å²) in [7, 11) is 0. The number of hydrogen-bond donors (Lipinski definition) is 0. The third-order valence-corrected chi connectivity index (χ3v) is 4.27. The molecule has 1 fully saturated rings. The van der Waals surface area contributed by atoms with Crippen molar-refractivity contribution in [3.8, 4) is 0 Å². The molecule has 2 aliphatic rings. The molecule has 0 aromatic heterocycles. The maximum atomic E-state index is 3.93. The van der Waals surface area contributed by atoms with Crippen LogP contribution >= 0.6 is 0 Å². The van der Waals surface area contributed by atoms with Gasteiger partial charge >= 0.3 is 0 Å². The van der Waals surface area contributed by atoms with Crippen molar-refractivity contribution in [3.05, 3.63) is 36.5 Å². The van der Waals surface area contributed by atoms with Crippen LogP contribution in [0, 0.1) is 17.8 Å². The van der Waals surface area contributed by atoms with Gasteiger partial charge in [-0.2, -0.15) is 0 Å². The van der Waals surface area contributed by atoms with E-state index in [1.54, 1.807) is 0 Å². The van der Waals surface area contributed by atoms with Gasteiger partial charge in [0.2, 0.25) is 0 Å². The van der Waals surface area contributed by atoms with Gasteiger partial charge in [0.15, 0.2) is 0 Å².